The highest BCUT2D eigenvalue weighted by molar-refractivity contribution is 5.78. The zero-order valence-corrected chi connectivity index (χ0v) is 14.5. The molecule has 2 amide bonds. The molecule has 0 bridgehead atoms. The summed E-state index contributed by atoms with van der Waals surface area (Å²) in [6, 6.07) is 7.84. The molecule has 1 aromatic rings. The maximum atomic E-state index is 12.3. The van der Waals surface area contributed by atoms with Gasteiger partial charge in [-0.3, -0.25) is 9.59 Å². The Hall–Kier alpha value is -2.04. The molecule has 5 heteroatoms. The van der Waals surface area contributed by atoms with Gasteiger partial charge < -0.3 is 14.5 Å². The van der Waals surface area contributed by atoms with Crippen molar-refractivity contribution in [1.29, 1.82) is 0 Å². The van der Waals surface area contributed by atoms with Gasteiger partial charge in [0, 0.05) is 33.1 Å². The van der Waals surface area contributed by atoms with Crippen molar-refractivity contribution in [2.45, 2.75) is 33.1 Å². The first-order chi connectivity index (χ1) is 10.8. The molecule has 0 saturated carbocycles. The van der Waals surface area contributed by atoms with Gasteiger partial charge in [-0.2, -0.15) is 0 Å². The fourth-order valence-corrected chi connectivity index (χ4v) is 2.71. The van der Waals surface area contributed by atoms with Gasteiger partial charge in [-0.15, -0.1) is 0 Å². The highest BCUT2D eigenvalue weighted by Gasteiger charge is 2.23. The molecule has 0 aromatic heterocycles. The van der Waals surface area contributed by atoms with Crippen molar-refractivity contribution in [2.24, 2.45) is 0 Å². The topological polar surface area (TPSA) is 49.9 Å². The summed E-state index contributed by atoms with van der Waals surface area (Å²) in [6.07, 6.45) is 0. The molecule has 5 nitrogen and oxygen atoms in total. The molecule has 1 heterocycles. The first-order valence-electron chi connectivity index (χ1n) is 8.04. The third kappa shape index (κ3) is 4.47. The van der Waals surface area contributed by atoms with Crippen LogP contribution in [0, 0.1) is 0 Å². The summed E-state index contributed by atoms with van der Waals surface area (Å²) < 4.78 is 5.78. The molecular weight excluding hydrogens is 292 g/mol. The Bertz CT molecular complexity index is 570. The van der Waals surface area contributed by atoms with Gasteiger partial charge in [0.25, 0.3) is 5.91 Å². The van der Waals surface area contributed by atoms with E-state index in [4.69, 9.17) is 4.74 Å². The number of para-hydroxylation sites is 1. The van der Waals surface area contributed by atoms with Crippen molar-refractivity contribution >= 4 is 11.8 Å². The van der Waals surface area contributed by atoms with E-state index >= 15 is 0 Å². The van der Waals surface area contributed by atoms with Crippen LogP contribution in [0.1, 0.15) is 33.3 Å². The Balaban J connectivity index is 1.92. The van der Waals surface area contributed by atoms with Gasteiger partial charge in [-0.1, -0.05) is 39.0 Å². The van der Waals surface area contributed by atoms with Crippen molar-refractivity contribution in [3.8, 4) is 5.75 Å². The lowest BCUT2D eigenvalue weighted by Gasteiger charge is -2.34. The van der Waals surface area contributed by atoms with Gasteiger partial charge >= 0.3 is 0 Å². The number of piperazine rings is 1. The van der Waals surface area contributed by atoms with Crippen LogP contribution in [0.25, 0.3) is 0 Å². The van der Waals surface area contributed by atoms with Gasteiger partial charge in [0.05, 0.1) is 0 Å². The number of rotatable bonds is 3. The first-order valence-corrected chi connectivity index (χ1v) is 8.04. The van der Waals surface area contributed by atoms with E-state index in [1.54, 1.807) is 16.7 Å². The normalized spacial score (nSPS) is 15.5. The molecule has 1 aliphatic heterocycles. The molecule has 1 aliphatic rings. The monoisotopic (exact) mass is 318 g/mol. The van der Waals surface area contributed by atoms with E-state index in [1.165, 1.54) is 0 Å². The molecule has 0 spiro atoms. The number of nitrogens with zero attached hydrogens (tertiary/aromatic N) is 2. The quantitative estimate of drug-likeness (QED) is 0.857. The average molecular weight is 318 g/mol. The Morgan fingerprint density at radius 2 is 1.61 bits per heavy atom. The molecular formula is C18H26N2O3. The lowest BCUT2D eigenvalue weighted by Crippen LogP contribution is -2.51. The zero-order valence-electron chi connectivity index (χ0n) is 14.5. The van der Waals surface area contributed by atoms with E-state index in [0.29, 0.717) is 26.2 Å². The molecule has 1 aromatic carbocycles. The van der Waals surface area contributed by atoms with Crippen LogP contribution in [0.2, 0.25) is 0 Å². The number of carbonyl (C=O) groups excluding carboxylic acids is 2. The molecule has 0 radical (unpaired) electrons. The van der Waals surface area contributed by atoms with Crippen LogP contribution < -0.4 is 4.74 Å². The van der Waals surface area contributed by atoms with Crippen molar-refractivity contribution in [1.82, 2.24) is 9.80 Å². The highest BCUT2D eigenvalue weighted by atomic mass is 16.5. The summed E-state index contributed by atoms with van der Waals surface area (Å²) in [4.78, 5) is 27.1. The maximum absolute atomic E-state index is 12.3. The third-order valence-corrected chi connectivity index (χ3v) is 4.12. The first kappa shape index (κ1) is 17.3. The fraction of sp³-hybridized carbons (Fsp3) is 0.556. The summed E-state index contributed by atoms with van der Waals surface area (Å²) in [7, 11) is 0. The Morgan fingerprint density at radius 1 is 1.04 bits per heavy atom. The van der Waals surface area contributed by atoms with Gasteiger partial charge in [0.15, 0.2) is 6.61 Å². The second-order valence-electron chi connectivity index (χ2n) is 6.92. The van der Waals surface area contributed by atoms with Crippen molar-refractivity contribution in [3.63, 3.8) is 0 Å². The number of benzene rings is 1. The van der Waals surface area contributed by atoms with E-state index < -0.39 is 0 Å². The highest BCUT2D eigenvalue weighted by Crippen LogP contribution is 2.30. The fourth-order valence-electron chi connectivity index (χ4n) is 2.71. The van der Waals surface area contributed by atoms with Crippen molar-refractivity contribution in [3.05, 3.63) is 29.8 Å². The molecule has 2 rings (SSSR count). The van der Waals surface area contributed by atoms with Crippen LogP contribution in [0.3, 0.4) is 0 Å². The predicted molar refractivity (Wildman–Crippen MR) is 89.5 cm³/mol. The van der Waals surface area contributed by atoms with Crippen LogP contribution >= 0.6 is 0 Å². The molecule has 0 unspecified atom stereocenters. The molecule has 126 valence electrons. The lowest BCUT2D eigenvalue weighted by molar-refractivity contribution is -0.139. The summed E-state index contributed by atoms with van der Waals surface area (Å²) in [6.45, 7) is 10.3. The van der Waals surface area contributed by atoms with Crippen molar-refractivity contribution < 1.29 is 14.3 Å². The van der Waals surface area contributed by atoms with Crippen LogP contribution in [-0.2, 0) is 15.0 Å². The minimum atomic E-state index is -0.0350. The van der Waals surface area contributed by atoms with Crippen LogP contribution in [0.4, 0.5) is 0 Å². The van der Waals surface area contributed by atoms with Crippen molar-refractivity contribution in [2.75, 3.05) is 32.8 Å². The summed E-state index contributed by atoms with van der Waals surface area (Å²) in [5, 5.41) is 0. The van der Waals surface area contributed by atoms with E-state index in [0.717, 1.165) is 11.3 Å². The molecule has 1 saturated heterocycles. The van der Waals surface area contributed by atoms with Crippen LogP contribution in [-0.4, -0.2) is 54.4 Å². The Kier molecular flexibility index (Phi) is 5.29. The van der Waals surface area contributed by atoms with E-state index in [-0.39, 0.29) is 23.8 Å². The molecule has 0 aliphatic carbocycles. The minimum Gasteiger partial charge on any atom is -0.483 e. The van der Waals surface area contributed by atoms with Gasteiger partial charge in [0.2, 0.25) is 5.91 Å². The second-order valence-corrected chi connectivity index (χ2v) is 6.92. The average Bonchev–Trinajstić information content (AvgIpc) is 2.52. The van der Waals surface area contributed by atoms with E-state index in [2.05, 4.69) is 20.8 Å². The zero-order chi connectivity index (χ0) is 17.0. The number of amides is 2. The number of ether oxygens (including phenoxy) is 1. The SMILES string of the molecule is CC(=O)N1CCN(C(=O)COc2ccccc2C(C)(C)C)CC1. The molecule has 1 fully saturated rings. The van der Waals surface area contributed by atoms with Crippen LogP contribution in [0.15, 0.2) is 24.3 Å². The van der Waals surface area contributed by atoms with Gasteiger partial charge in [0.1, 0.15) is 5.75 Å². The predicted octanol–water partition coefficient (Wildman–Crippen LogP) is 2.05. The van der Waals surface area contributed by atoms with Gasteiger partial charge in [-0.25, -0.2) is 0 Å². The Labute approximate surface area is 138 Å². The standard InChI is InChI=1S/C18H26N2O3/c1-14(21)19-9-11-20(12-10-19)17(22)13-23-16-8-6-5-7-15(16)18(2,3)4/h5-8H,9-13H2,1-4H3. The van der Waals surface area contributed by atoms with E-state index in [1.807, 2.05) is 24.3 Å². The summed E-state index contributed by atoms with van der Waals surface area (Å²) >= 11 is 0. The Morgan fingerprint density at radius 3 is 2.17 bits per heavy atom. The number of hydrogen-bond donors (Lipinski definition) is 0. The summed E-state index contributed by atoms with van der Waals surface area (Å²) in [5.41, 5.74) is 1.06. The van der Waals surface area contributed by atoms with Crippen LogP contribution in [0.5, 0.6) is 5.75 Å². The summed E-state index contributed by atoms with van der Waals surface area (Å²) in [5.74, 6) is 0.792. The molecule has 23 heavy (non-hydrogen) atoms. The lowest BCUT2D eigenvalue weighted by atomic mass is 9.86. The minimum absolute atomic E-state index is 0.0306. The molecule has 0 N–H and O–H groups in total. The van der Waals surface area contributed by atoms with E-state index in [9.17, 15) is 9.59 Å². The maximum Gasteiger partial charge on any atom is 0.260 e. The number of carbonyl (C=O) groups is 2. The third-order valence-electron chi connectivity index (χ3n) is 4.12. The van der Waals surface area contributed by atoms with Gasteiger partial charge in [-0.05, 0) is 17.0 Å². The second kappa shape index (κ2) is 7.02. The smallest absolute Gasteiger partial charge is 0.260 e. The largest absolute Gasteiger partial charge is 0.483 e. The number of hydrogen-bond acceptors (Lipinski definition) is 3. The molecule has 0 atom stereocenters.